The van der Waals surface area contributed by atoms with Crippen LogP contribution in [-0.2, 0) is 6.42 Å². The van der Waals surface area contributed by atoms with E-state index in [0.717, 1.165) is 19.4 Å². The Bertz CT molecular complexity index is 425. The van der Waals surface area contributed by atoms with Crippen molar-refractivity contribution < 1.29 is 5.11 Å². The van der Waals surface area contributed by atoms with Crippen LogP contribution in [0.4, 0.5) is 0 Å². The number of hydrogen-bond donors (Lipinski definition) is 2. The highest BCUT2D eigenvalue weighted by molar-refractivity contribution is 9.11. The van der Waals surface area contributed by atoms with Gasteiger partial charge in [-0.3, -0.25) is 0 Å². The Morgan fingerprint density at radius 1 is 1.39 bits per heavy atom. The van der Waals surface area contributed by atoms with E-state index in [1.807, 2.05) is 11.3 Å². The minimum atomic E-state index is -0.440. The van der Waals surface area contributed by atoms with E-state index in [0.29, 0.717) is 6.04 Å². The van der Waals surface area contributed by atoms with E-state index in [4.69, 9.17) is 0 Å². The number of nitrogens with one attached hydrogen (secondary N) is 1. The Balaban J connectivity index is 1.67. The van der Waals surface area contributed by atoms with Crippen LogP contribution < -0.4 is 5.32 Å². The number of thiophene rings is 1. The third-order valence-corrected chi connectivity index (χ3v) is 6.01. The zero-order valence-corrected chi connectivity index (χ0v) is 12.9. The summed E-state index contributed by atoms with van der Waals surface area (Å²) in [4.78, 5) is 1.52. The Hall–Kier alpha value is 0.100. The van der Waals surface area contributed by atoms with Crippen LogP contribution in [0.2, 0.25) is 0 Å². The van der Waals surface area contributed by atoms with Crippen molar-refractivity contribution in [1.29, 1.82) is 0 Å². The smallest absolute Gasteiger partial charge is 0.0771 e. The van der Waals surface area contributed by atoms with Gasteiger partial charge in [0.1, 0.15) is 0 Å². The highest BCUT2D eigenvalue weighted by atomic mass is 79.9. The van der Waals surface area contributed by atoms with Crippen LogP contribution in [0.15, 0.2) is 9.85 Å². The first-order valence-corrected chi connectivity index (χ1v) is 8.51. The summed E-state index contributed by atoms with van der Waals surface area (Å²) < 4.78 is 1.24. The minimum absolute atomic E-state index is 0.440. The molecule has 0 aromatic carbocycles. The zero-order valence-electron chi connectivity index (χ0n) is 10.5. The van der Waals surface area contributed by atoms with E-state index in [2.05, 4.69) is 27.3 Å². The minimum Gasteiger partial charge on any atom is -0.389 e. The van der Waals surface area contributed by atoms with Gasteiger partial charge in [-0.15, -0.1) is 11.3 Å². The van der Waals surface area contributed by atoms with Crippen LogP contribution in [0.25, 0.3) is 0 Å². The second kappa shape index (κ2) is 5.23. The van der Waals surface area contributed by atoms with E-state index < -0.39 is 5.60 Å². The first-order chi connectivity index (χ1) is 8.66. The molecule has 4 heteroatoms. The van der Waals surface area contributed by atoms with Crippen LogP contribution in [0.5, 0.6) is 0 Å². The lowest BCUT2D eigenvalue weighted by molar-refractivity contribution is 0.0442. The Labute approximate surface area is 121 Å². The van der Waals surface area contributed by atoms with Gasteiger partial charge in [-0.25, -0.2) is 0 Å². The van der Waals surface area contributed by atoms with Crippen molar-refractivity contribution in [2.45, 2.75) is 56.6 Å². The SMILES string of the molecule is OC1(CNC2CCCc3sc(Br)cc32)CCCC1. The summed E-state index contributed by atoms with van der Waals surface area (Å²) >= 11 is 5.45. The molecule has 1 aromatic rings. The van der Waals surface area contributed by atoms with Gasteiger partial charge < -0.3 is 10.4 Å². The molecule has 1 fully saturated rings. The van der Waals surface area contributed by atoms with E-state index in [9.17, 15) is 5.11 Å². The van der Waals surface area contributed by atoms with Crippen molar-refractivity contribution in [3.8, 4) is 0 Å². The highest BCUT2D eigenvalue weighted by Gasteiger charge is 2.32. The lowest BCUT2D eigenvalue weighted by atomic mass is 9.93. The Kier molecular flexibility index (Phi) is 3.81. The topological polar surface area (TPSA) is 32.3 Å². The van der Waals surface area contributed by atoms with Gasteiger partial charge >= 0.3 is 0 Å². The van der Waals surface area contributed by atoms with Crippen molar-refractivity contribution in [1.82, 2.24) is 5.32 Å². The molecule has 1 unspecified atom stereocenters. The highest BCUT2D eigenvalue weighted by Crippen LogP contribution is 2.38. The van der Waals surface area contributed by atoms with Crippen molar-refractivity contribution in [2.24, 2.45) is 0 Å². The quantitative estimate of drug-likeness (QED) is 0.884. The number of rotatable bonds is 3. The summed E-state index contributed by atoms with van der Waals surface area (Å²) in [7, 11) is 0. The number of aryl methyl sites for hydroxylation is 1. The van der Waals surface area contributed by atoms with E-state index in [1.54, 1.807) is 0 Å². The fourth-order valence-electron chi connectivity index (χ4n) is 3.26. The predicted octanol–water partition coefficient (Wildman–Crippen LogP) is 3.78. The second-order valence-corrected chi connectivity index (χ2v) is 8.20. The molecular weight excluding hydrogens is 310 g/mol. The third kappa shape index (κ3) is 2.67. The van der Waals surface area contributed by atoms with Gasteiger partial charge in [0.25, 0.3) is 0 Å². The summed E-state index contributed by atoms with van der Waals surface area (Å²) in [6, 6.07) is 2.70. The summed E-state index contributed by atoms with van der Waals surface area (Å²) in [5.74, 6) is 0. The maximum atomic E-state index is 10.4. The molecule has 1 atom stereocenters. The average Bonchev–Trinajstić information content (AvgIpc) is 2.92. The monoisotopic (exact) mass is 329 g/mol. The molecule has 18 heavy (non-hydrogen) atoms. The predicted molar refractivity (Wildman–Crippen MR) is 79.1 cm³/mol. The molecule has 0 bridgehead atoms. The number of aliphatic hydroxyl groups is 1. The molecule has 2 N–H and O–H groups in total. The summed E-state index contributed by atoms with van der Waals surface area (Å²) in [5.41, 5.74) is 1.02. The van der Waals surface area contributed by atoms with Crippen molar-refractivity contribution in [2.75, 3.05) is 6.54 Å². The van der Waals surface area contributed by atoms with Crippen LogP contribution >= 0.6 is 27.3 Å². The Morgan fingerprint density at radius 3 is 2.94 bits per heavy atom. The van der Waals surface area contributed by atoms with Crippen LogP contribution in [0.1, 0.15) is 55.0 Å². The normalized spacial score (nSPS) is 26.2. The average molecular weight is 330 g/mol. The van der Waals surface area contributed by atoms with Gasteiger partial charge in [0.05, 0.1) is 9.39 Å². The van der Waals surface area contributed by atoms with Crippen molar-refractivity contribution >= 4 is 27.3 Å². The van der Waals surface area contributed by atoms with Gasteiger partial charge in [0.15, 0.2) is 0 Å². The van der Waals surface area contributed by atoms with Crippen molar-refractivity contribution in [3.63, 3.8) is 0 Å². The third-order valence-electron chi connectivity index (χ3n) is 4.30. The van der Waals surface area contributed by atoms with E-state index >= 15 is 0 Å². The summed E-state index contributed by atoms with van der Waals surface area (Å²) in [5, 5.41) is 14.0. The molecule has 0 amide bonds. The standard InChI is InChI=1S/C14H20BrNOS/c15-13-8-10-11(4-3-5-12(10)18-13)16-9-14(17)6-1-2-7-14/h8,11,16-17H,1-7,9H2. The lowest BCUT2D eigenvalue weighted by Gasteiger charge is -2.29. The lowest BCUT2D eigenvalue weighted by Crippen LogP contribution is -2.40. The molecule has 1 heterocycles. The number of halogens is 1. The molecular formula is C14H20BrNOS. The largest absolute Gasteiger partial charge is 0.389 e. The van der Waals surface area contributed by atoms with Crippen molar-refractivity contribution in [3.05, 3.63) is 20.3 Å². The molecule has 0 aliphatic heterocycles. The van der Waals surface area contributed by atoms with Gasteiger partial charge in [-0.2, -0.15) is 0 Å². The molecule has 0 spiro atoms. The van der Waals surface area contributed by atoms with Gasteiger partial charge in [-0.05, 0) is 59.7 Å². The maximum Gasteiger partial charge on any atom is 0.0771 e. The summed E-state index contributed by atoms with van der Waals surface area (Å²) in [6.07, 6.45) is 7.96. The van der Waals surface area contributed by atoms with Gasteiger partial charge in [0.2, 0.25) is 0 Å². The fraction of sp³-hybridized carbons (Fsp3) is 0.714. The zero-order chi connectivity index (χ0) is 12.6. The first-order valence-electron chi connectivity index (χ1n) is 6.90. The van der Waals surface area contributed by atoms with Crippen LogP contribution in [0, 0.1) is 0 Å². The fourth-order valence-corrected chi connectivity index (χ4v) is 5.08. The van der Waals surface area contributed by atoms with E-state index in [1.165, 1.54) is 46.3 Å². The van der Waals surface area contributed by atoms with E-state index in [-0.39, 0.29) is 0 Å². The summed E-state index contributed by atoms with van der Waals surface area (Å²) in [6.45, 7) is 0.755. The van der Waals surface area contributed by atoms with Gasteiger partial charge in [0, 0.05) is 17.5 Å². The number of fused-ring (bicyclic) bond motifs is 1. The van der Waals surface area contributed by atoms with Gasteiger partial charge in [-0.1, -0.05) is 12.8 Å². The molecule has 2 aliphatic carbocycles. The second-order valence-electron chi connectivity index (χ2n) is 5.69. The molecule has 3 rings (SSSR count). The molecule has 100 valence electrons. The van der Waals surface area contributed by atoms with Crippen LogP contribution in [-0.4, -0.2) is 17.3 Å². The molecule has 1 aromatic heterocycles. The Morgan fingerprint density at radius 2 is 2.17 bits per heavy atom. The maximum absolute atomic E-state index is 10.4. The molecule has 2 aliphatic rings. The number of hydrogen-bond acceptors (Lipinski definition) is 3. The van der Waals surface area contributed by atoms with Crippen LogP contribution in [0.3, 0.4) is 0 Å². The molecule has 0 radical (unpaired) electrons. The molecule has 1 saturated carbocycles. The first kappa shape index (κ1) is 13.1. The molecule has 0 saturated heterocycles. The molecule has 2 nitrogen and oxygen atoms in total.